The van der Waals surface area contributed by atoms with Gasteiger partial charge in [-0.3, -0.25) is 9.59 Å². The third kappa shape index (κ3) is 6.24. The number of hydrogen-bond donors (Lipinski definition) is 1. The van der Waals surface area contributed by atoms with Crippen LogP contribution in [0.3, 0.4) is 0 Å². The van der Waals surface area contributed by atoms with Gasteiger partial charge in [-0.15, -0.1) is 0 Å². The molecule has 0 bridgehead atoms. The smallest absolute Gasteiger partial charge is 0.306 e. The van der Waals surface area contributed by atoms with Gasteiger partial charge in [-0.25, -0.2) is 0 Å². The molecule has 3 aliphatic carbocycles. The van der Waals surface area contributed by atoms with Crippen molar-refractivity contribution in [3.63, 3.8) is 0 Å². The van der Waals surface area contributed by atoms with Crippen LogP contribution in [0, 0.1) is 41.4 Å². The van der Waals surface area contributed by atoms with E-state index in [1.807, 2.05) is 20.8 Å². The topological polar surface area (TPSA) is 110 Å². The van der Waals surface area contributed by atoms with Crippen LogP contribution in [0.15, 0.2) is 12.2 Å². The molecule has 0 aromatic rings. The van der Waals surface area contributed by atoms with Crippen molar-refractivity contribution in [2.24, 2.45) is 41.4 Å². The van der Waals surface area contributed by atoms with Gasteiger partial charge in [0.25, 0.3) is 0 Å². The third-order valence-corrected chi connectivity index (χ3v) is 11.2. The summed E-state index contributed by atoms with van der Waals surface area (Å²) in [5, 5.41) is 10.9. The highest BCUT2D eigenvalue weighted by atomic mass is 16.7. The summed E-state index contributed by atoms with van der Waals surface area (Å²) in [7, 11) is 4.95. The molecule has 0 aromatic heterocycles. The number of Topliss-reactive ketones (excluding diaryl/α,β-unsaturated/α-hetero) is 1. The molecule has 9 nitrogen and oxygen atoms in total. The lowest BCUT2D eigenvalue weighted by atomic mass is 9.71. The standard InChI is InChI=1S/C33H52O9/c1-7-20-9-8-10-27(34)17(2)29(36)26-15-24-22(25(26)16-28(35)41-20)12-11-19-13-21(14-23(19)24)42-33-32(39-6)31(38-5)30(37-4)18(3)40-33/h11-12,17-27,30-34H,7-10,13-16H2,1-6H3/t17-,18+,19+,20+,21-,22-,23-,24+,25+,26+,27-,30-,31-,32-,33-/m0/s1. The molecule has 238 valence electrons. The fraction of sp³-hybridized carbons (Fsp3) is 0.879. The van der Waals surface area contributed by atoms with Crippen molar-refractivity contribution in [2.45, 2.75) is 121 Å². The van der Waals surface area contributed by atoms with E-state index in [-0.39, 0.29) is 72.4 Å². The quantitative estimate of drug-likeness (QED) is 0.360. The van der Waals surface area contributed by atoms with E-state index in [0.717, 1.165) is 38.5 Å². The molecule has 2 saturated carbocycles. The molecule has 0 unspecified atom stereocenters. The van der Waals surface area contributed by atoms with E-state index in [1.54, 1.807) is 21.3 Å². The molecule has 0 spiro atoms. The van der Waals surface area contributed by atoms with Crippen LogP contribution >= 0.6 is 0 Å². The fourth-order valence-corrected chi connectivity index (χ4v) is 8.93. The Labute approximate surface area is 250 Å². The van der Waals surface area contributed by atoms with E-state index in [9.17, 15) is 14.7 Å². The number of esters is 1. The Hall–Kier alpha value is -1.36. The summed E-state index contributed by atoms with van der Waals surface area (Å²) in [4.78, 5) is 27.0. The van der Waals surface area contributed by atoms with Gasteiger partial charge >= 0.3 is 5.97 Å². The van der Waals surface area contributed by atoms with Gasteiger partial charge < -0.3 is 33.5 Å². The van der Waals surface area contributed by atoms with Crippen LogP contribution in [0.5, 0.6) is 0 Å². The van der Waals surface area contributed by atoms with Gasteiger partial charge in [0.2, 0.25) is 0 Å². The number of allylic oxidation sites excluding steroid dienone is 2. The first-order valence-electron chi connectivity index (χ1n) is 16.2. The van der Waals surface area contributed by atoms with Crippen molar-refractivity contribution in [1.82, 2.24) is 0 Å². The number of methoxy groups -OCH3 is 3. The summed E-state index contributed by atoms with van der Waals surface area (Å²) in [5.74, 6) is 0.229. The number of carbonyl (C=O) groups is 2. The number of cyclic esters (lactones) is 1. The zero-order valence-corrected chi connectivity index (χ0v) is 26.2. The summed E-state index contributed by atoms with van der Waals surface area (Å²) in [5.41, 5.74) is 0. The van der Waals surface area contributed by atoms with E-state index in [2.05, 4.69) is 12.2 Å². The fourth-order valence-electron chi connectivity index (χ4n) is 8.93. The number of aliphatic hydroxyl groups excluding tert-OH is 1. The van der Waals surface area contributed by atoms with E-state index < -0.39 is 24.4 Å². The first-order chi connectivity index (χ1) is 20.2. The van der Waals surface area contributed by atoms with Gasteiger partial charge in [-0.1, -0.05) is 26.0 Å². The van der Waals surface area contributed by atoms with E-state index >= 15 is 0 Å². The largest absolute Gasteiger partial charge is 0.462 e. The van der Waals surface area contributed by atoms with Crippen molar-refractivity contribution >= 4 is 11.8 Å². The maximum absolute atomic E-state index is 13.8. The molecule has 15 atom stereocenters. The lowest BCUT2D eigenvalue weighted by Gasteiger charge is -2.44. The third-order valence-electron chi connectivity index (χ3n) is 11.2. The Balaban J connectivity index is 1.32. The maximum atomic E-state index is 13.8. The number of hydrogen-bond acceptors (Lipinski definition) is 9. The van der Waals surface area contributed by atoms with Crippen LogP contribution in [-0.2, 0) is 38.0 Å². The average molecular weight is 593 g/mol. The number of carbonyl (C=O) groups excluding carboxylic acids is 2. The lowest BCUT2D eigenvalue weighted by Crippen LogP contribution is -2.59. The molecular formula is C33H52O9. The lowest BCUT2D eigenvalue weighted by molar-refractivity contribution is -0.314. The van der Waals surface area contributed by atoms with Gasteiger partial charge in [0.15, 0.2) is 6.29 Å². The van der Waals surface area contributed by atoms with Crippen molar-refractivity contribution in [1.29, 1.82) is 0 Å². The molecule has 0 radical (unpaired) electrons. The molecule has 5 rings (SSSR count). The van der Waals surface area contributed by atoms with Crippen LogP contribution in [0.25, 0.3) is 0 Å². The predicted octanol–water partition coefficient (Wildman–Crippen LogP) is 4.09. The van der Waals surface area contributed by atoms with Crippen molar-refractivity contribution in [3.05, 3.63) is 12.2 Å². The van der Waals surface area contributed by atoms with Gasteiger partial charge in [0.1, 0.15) is 30.2 Å². The number of ketones is 1. The maximum Gasteiger partial charge on any atom is 0.306 e. The second kappa shape index (κ2) is 13.7. The summed E-state index contributed by atoms with van der Waals surface area (Å²) >= 11 is 0. The zero-order valence-electron chi connectivity index (χ0n) is 26.2. The Morgan fingerprint density at radius 2 is 1.64 bits per heavy atom. The Kier molecular flexibility index (Phi) is 10.5. The first-order valence-corrected chi connectivity index (χ1v) is 16.2. The Bertz CT molecular complexity index is 969. The molecule has 9 heteroatoms. The highest BCUT2D eigenvalue weighted by Crippen LogP contribution is 2.57. The highest BCUT2D eigenvalue weighted by Gasteiger charge is 2.55. The minimum atomic E-state index is -0.666. The summed E-state index contributed by atoms with van der Waals surface area (Å²) in [6.45, 7) is 5.86. The Morgan fingerprint density at radius 1 is 0.905 bits per heavy atom. The SMILES string of the molecule is CC[C@@H]1CCC[C@H](O)[C@H](C)C(=O)[C@@H]2C[C@@H]3[C@H](C=C[C@@H]4C[C@H](O[C@@H]5O[C@H](C)[C@H](OC)[C@H](OC)[C@@H]5OC)C[C@H]34)[C@H]2CC(=O)O1. The normalized spacial score (nSPS) is 48.0. The molecule has 0 amide bonds. The van der Waals surface area contributed by atoms with Crippen LogP contribution in [-0.4, -0.2) is 87.2 Å². The average Bonchev–Trinajstić information content (AvgIpc) is 3.55. The van der Waals surface area contributed by atoms with Crippen LogP contribution < -0.4 is 0 Å². The van der Waals surface area contributed by atoms with Crippen LogP contribution in [0.2, 0.25) is 0 Å². The number of rotatable bonds is 6. The monoisotopic (exact) mass is 592 g/mol. The molecule has 1 N–H and O–H groups in total. The number of fused-ring (bicyclic) bond motifs is 5. The van der Waals surface area contributed by atoms with E-state index in [1.165, 1.54) is 0 Å². The number of aliphatic hydroxyl groups is 1. The highest BCUT2D eigenvalue weighted by molar-refractivity contribution is 5.85. The molecule has 0 aromatic carbocycles. The van der Waals surface area contributed by atoms with Crippen LogP contribution in [0.1, 0.15) is 72.1 Å². The predicted molar refractivity (Wildman–Crippen MR) is 154 cm³/mol. The molecule has 2 aliphatic heterocycles. The molecular weight excluding hydrogens is 540 g/mol. The number of ether oxygens (including phenoxy) is 6. The van der Waals surface area contributed by atoms with Gasteiger partial charge in [0.05, 0.1) is 18.3 Å². The van der Waals surface area contributed by atoms with Crippen molar-refractivity contribution < 1.29 is 43.1 Å². The van der Waals surface area contributed by atoms with Gasteiger partial charge in [-0.2, -0.15) is 0 Å². The summed E-state index contributed by atoms with van der Waals surface area (Å²) in [6, 6.07) is 0. The van der Waals surface area contributed by atoms with Crippen molar-refractivity contribution in [2.75, 3.05) is 21.3 Å². The van der Waals surface area contributed by atoms with E-state index in [4.69, 9.17) is 28.4 Å². The Morgan fingerprint density at radius 3 is 2.33 bits per heavy atom. The second-order valence-electron chi connectivity index (χ2n) is 13.4. The van der Waals surface area contributed by atoms with Gasteiger partial charge in [-0.05, 0) is 81.5 Å². The minimum absolute atomic E-state index is 0.0202. The van der Waals surface area contributed by atoms with E-state index in [0.29, 0.717) is 18.3 Å². The second-order valence-corrected chi connectivity index (χ2v) is 13.4. The van der Waals surface area contributed by atoms with Crippen LogP contribution in [0.4, 0.5) is 0 Å². The zero-order chi connectivity index (χ0) is 30.1. The molecule has 42 heavy (non-hydrogen) atoms. The molecule has 2 heterocycles. The summed E-state index contributed by atoms with van der Waals surface area (Å²) in [6.07, 6.45) is 7.45. The molecule has 2 saturated heterocycles. The molecule has 5 aliphatic rings. The van der Waals surface area contributed by atoms with Gasteiger partial charge in [0, 0.05) is 39.6 Å². The first kappa shape index (κ1) is 32.0. The molecule has 4 fully saturated rings. The minimum Gasteiger partial charge on any atom is -0.462 e. The summed E-state index contributed by atoms with van der Waals surface area (Å²) < 4.78 is 36.0. The van der Waals surface area contributed by atoms with Crippen molar-refractivity contribution in [3.8, 4) is 0 Å².